The van der Waals surface area contributed by atoms with Gasteiger partial charge in [-0.05, 0) is 48.7 Å². The van der Waals surface area contributed by atoms with Gasteiger partial charge in [-0.25, -0.2) is 0 Å². The van der Waals surface area contributed by atoms with Crippen LogP contribution in [0.3, 0.4) is 0 Å². The fraction of sp³-hybridized carbons (Fsp3) is 0.500. The van der Waals surface area contributed by atoms with E-state index in [0.29, 0.717) is 32.8 Å². The van der Waals surface area contributed by atoms with Crippen LogP contribution in [0.1, 0.15) is 50.2 Å². The van der Waals surface area contributed by atoms with Crippen molar-refractivity contribution in [2.75, 3.05) is 44.9 Å². The number of nitrogens with zero attached hydrogens (tertiary/aromatic N) is 2. The molecule has 0 aromatic heterocycles. The molecule has 0 aliphatic carbocycles. The molecule has 0 spiro atoms. The van der Waals surface area contributed by atoms with Gasteiger partial charge in [0, 0.05) is 39.4 Å². The van der Waals surface area contributed by atoms with Crippen LogP contribution in [0.4, 0.5) is 5.69 Å². The van der Waals surface area contributed by atoms with E-state index in [9.17, 15) is 9.59 Å². The molecule has 35 heavy (non-hydrogen) atoms. The molecule has 0 fully saturated rings. The third-order valence-electron chi connectivity index (χ3n) is 6.22. The molecule has 1 aliphatic rings. The first kappa shape index (κ1) is 26.7. The minimum absolute atomic E-state index is 0.0105. The fourth-order valence-electron chi connectivity index (χ4n) is 4.39. The molecule has 0 atom stereocenters. The van der Waals surface area contributed by atoms with Crippen LogP contribution in [0.15, 0.2) is 48.5 Å². The van der Waals surface area contributed by atoms with E-state index in [1.807, 2.05) is 47.4 Å². The maximum Gasteiger partial charge on any atom is 0.234 e. The highest BCUT2D eigenvalue weighted by atomic mass is 16.5. The summed E-state index contributed by atoms with van der Waals surface area (Å²) in [7, 11) is 1.64. The molecule has 0 saturated heterocycles. The SMILES string of the molecule is COCCOc1cccc(CNC(=O)CN2CCCCCCCN(C(C)=O)c3ccccc3C2)c1. The Balaban J connectivity index is 1.63. The van der Waals surface area contributed by atoms with Gasteiger partial charge >= 0.3 is 0 Å². The van der Waals surface area contributed by atoms with Crippen molar-refractivity contribution in [3.05, 3.63) is 59.7 Å². The second-order valence-corrected chi connectivity index (χ2v) is 9.04. The van der Waals surface area contributed by atoms with Gasteiger partial charge in [0.1, 0.15) is 12.4 Å². The Hall–Kier alpha value is -2.90. The summed E-state index contributed by atoms with van der Waals surface area (Å²) in [5.74, 6) is 0.819. The van der Waals surface area contributed by atoms with Gasteiger partial charge in [0.2, 0.25) is 11.8 Å². The molecule has 2 amide bonds. The predicted octanol–water partition coefficient (Wildman–Crippen LogP) is 4.15. The molecule has 0 bridgehead atoms. The fourth-order valence-corrected chi connectivity index (χ4v) is 4.39. The molecule has 190 valence electrons. The van der Waals surface area contributed by atoms with Crippen LogP contribution in [-0.4, -0.2) is 56.7 Å². The first-order valence-corrected chi connectivity index (χ1v) is 12.6. The number of ether oxygens (including phenoxy) is 2. The molecule has 2 aromatic carbocycles. The summed E-state index contributed by atoms with van der Waals surface area (Å²) >= 11 is 0. The molecule has 1 heterocycles. The maximum absolute atomic E-state index is 12.9. The highest BCUT2D eigenvalue weighted by Crippen LogP contribution is 2.24. The van der Waals surface area contributed by atoms with E-state index in [-0.39, 0.29) is 11.8 Å². The standard InChI is InChI=1S/C28H39N3O4/c1-23(32)31-16-9-5-3-4-8-15-30(21-25-12-6-7-14-27(25)31)22-28(33)29-20-24-11-10-13-26(19-24)35-18-17-34-2/h6-7,10-14,19H,3-5,8-9,15-18,20-22H2,1-2H3,(H,29,33). The zero-order valence-corrected chi connectivity index (χ0v) is 21.1. The third kappa shape index (κ3) is 9.00. The van der Waals surface area contributed by atoms with Crippen molar-refractivity contribution in [3.8, 4) is 5.75 Å². The first-order valence-electron chi connectivity index (χ1n) is 12.6. The lowest BCUT2D eigenvalue weighted by Crippen LogP contribution is -2.38. The average Bonchev–Trinajstić information content (AvgIpc) is 2.84. The van der Waals surface area contributed by atoms with Crippen LogP contribution >= 0.6 is 0 Å². The van der Waals surface area contributed by atoms with E-state index in [1.165, 1.54) is 0 Å². The van der Waals surface area contributed by atoms with Crippen molar-refractivity contribution in [3.63, 3.8) is 0 Å². The molecule has 1 N–H and O–H groups in total. The molecule has 3 rings (SSSR count). The van der Waals surface area contributed by atoms with Crippen LogP contribution < -0.4 is 15.0 Å². The Morgan fingerprint density at radius 1 is 0.943 bits per heavy atom. The van der Waals surface area contributed by atoms with Gasteiger partial charge in [0.25, 0.3) is 0 Å². The van der Waals surface area contributed by atoms with Gasteiger partial charge in [-0.2, -0.15) is 0 Å². The van der Waals surface area contributed by atoms with Crippen LogP contribution in [0.2, 0.25) is 0 Å². The summed E-state index contributed by atoms with van der Waals surface area (Å²) in [4.78, 5) is 29.3. The largest absolute Gasteiger partial charge is 0.491 e. The average molecular weight is 482 g/mol. The number of amides is 2. The number of anilines is 1. The highest BCUT2D eigenvalue weighted by molar-refractivity contribution is 5.92. The number of hydrogen-bond donors (Lipinski definition) is 1. The lowest BCUT2D eigenvalue weighted by atomic mass is 10.1. The summed E-state index contributed by atoms with van der Waals surface area (Å²) in [6, 6.07) is 15.8. The molecular formula is C28H39N3O4. The minimum Gasteiger partial charge on any atom is -0.491 e. The van der Waals surface area contributed by atoms with Crippen LogP contribution in [0.25, 0.3) is 0 Å². The summed E-state index contributed by atoms with van der Waals surface area (Å²) in [5.41, 5.74) is 3.03. The quantitative estimate of drug-likeness (QED) is 0.574. The number of carbonyl (C=O) groups is 2. The Morgan fingerprint density at radius 2 is 1.71 bits per heavy atom. The maximum atomic E-state index is 12.9. The molecule has 2 aromatic rings. The van der Waals surface area contributed by atoms with Gasteiger partial charge in [-0.3, -0.25) is 14.5 Å². The smallest absolute Gasteiger partial charge is 0.234 e. The molecule has 7 nitrogen and oxygen atoms in total. The van der Waals surface area contributed by atoms with Crippen molar-refractivity contribution < 1.29 is 19.1 Å². The number of fused-ring (bicyclic) bond motifs is 1. The van der Waals surface area contributed by atoms with E-state index >= 15 is 0 Å². The van der Waals surface area contributed by atoms with Crippen LogP contribution in [-0.2, 0) is 27.4 Å². The van der Waals surface area contributed by atoms with Gasteiger partial charge in [0.05, 0.1) is 13.2 Å². The van der Waals surface area contributed by atoms with Crippen molar-refractivity contribution in [2.45, 2.75) is 52.1 Å². The minimum atomic E-state index is -0.0105. The number of nitrogens with one attached hydrogen (secondary N) is 1. The van der Waals surface area contributed by atoms with Crippen LogP contribution in [0, 0.1) is 0 Å². The number of benzene rings is 2. The van der Waals surface area contributed by atoms with E-state index in [2.05, 4.69) is 16.3 Å². The summed E-state index contributed by atoms with van der Waals surface area (Å²) in [6.45, 7) is 5.64. The highest BCUT2D eigenvalue weighted by Gasteiger charge is 2.19. The van der Waals surface area contributed by atoms with Crippen molar-refractivity contribution >= 4 is 17.5 Å². The Bertz CT molecular complexity index is 949. The number of rotatable bonds is 8. The van der Waals surface area contributed by atoms with E-state index in [1.54, 1.807) is 14.0 Å². The van der Waals surface area contributed by atoms with Gasteiger partial charge in [-0.1, -0.05) is 49.6 Å². The second-order valence-electron chi connectivity index (χ2n) is 9.04. The molecule has 7 heteroatoms. The number of hydrogen-bond acceptors (Lipinski definition) is 5. The van der Waals surface area contributed by atoms with Gasteiger partial charge < -0.3 is 19.7 Å². The Kier molecular flexibility index (Phi) is 11.1. The monoisotopic (exact) mass is 481 g/mol. The normalized spacial score (nSPS) is 15.4. The molecule has 0 radical (unpaired) electrons. The van der Waals surface area contributed by atoms with E-state index in [0.717, 1.165) is 67.8 Å². The number of methoxy groups -OCH3 is 1. The first-order chi connectivity index (χ1) is 17.1. The number of carbonyl (C=O) groups excluding carboxylic acids is 2. The topological polar surface area (TPSA) is 71.1 Å². The molecular weight excluding hydrogens is 442 g/mol. The van der Waals surface area contributed by atoms with Gasteiger partial charge in [0.15, 0.2) is 0 Å². The Morgan fingerprint density at radius 3 is 2.51 bits per heavy atom. The summed E-state index contributed by atoms with van der Waals surface area (Å²) in [6.07, 6.45) is 5.47. The lowest BCUT2D eigenvalue weighted by Gasteiger charge is -2.28. The van der Waals surface area contributed by atoms with Crippen molar-refractivity contribution in [1.29, 1.82) is 0 Å². The zero-order valence-electron chi connectivity index (χ0n) is 21.1. The summed E-state index contributed by atoms with van der Waals surface area (Å²) < 4.78 is 10.7. The van der Waals surface area contributed by atoms with E-state index < -0.39 is 0 Å². The van der Waals surface area contributed by atoms with Crippen molar-refractivity contribution in [1.82, 2.24) is 10.2 Å². The summed E-state index contributed by atoms with van der Waals surface area (Å²) in [5, 5.41) is 3.05. The van der Waals surface area contributed by atoms with Gasteiger partial charge in [-0.15, -0.1) is 0 Å². The molecule has 0 unspecified atom stereocenters. The third-order valence-corrected chi connectivity index (χ3v) is 6.22. The zero-order chi connectivity index (χ0) is 24.9. The Labute approximate surface area is 209 Å². The van der Waals surface area contributed by atoms with Crippen LogP contribution in [0.5, 0.6) is 5.75 Å². The van der Waals surface area contributed by atoms with E-state index in [4.69, 9.17) is 9.47 Å². The number of para-hydroxylation sites is 1. The lowest BCUT2D eigenvalue weighted by molar-refractivity contribution is -0.122. The predicted molar refractivity (Wildman–Crippen MR) is 138 cm³/mol. The van der Waals surface area contributed by atoms with Crippen molar-refractivity contribution in [2.24, 2.45) is 0 Å². The molecule has 1 aliphatic heterocycles. The molecule has 0 saturated carbocycles. The second kappa shape index (κ2) is 14.5.